The van der Waals surface area contributed by atoms with Gasteiger partial charge in [-0.25, -0.2) is 0 Å². The fraction of sp³-hybridized carbons (Fsp3) is 0.333. The molecule has 0 aliphatic rings. The molecular formula is C9H9F3O3. The van der Waals surface area contributed by atoms with Crippen molar-refractivity contribution in [2.75, 3.05) is 14.2 Å². The normalized spacial score (nSPS) is 11.3. The van der Waals surface area contributed by atoms with E-state index < -0.39 is 17.5 Å². The van der Waals surface area contributed by atoms with E-state index >= 15 is 0 Å². The van der Waals surface area contributed by atoms with Crippen molar-refractivity contribution in [3.8, 4) is 17.2 Å². The van der Waals surface area contributed by atoms with Gasteiger partial charge in [0.1, 0.15) is 5.56 Å². The number of halogens is 3. The van der Waals surface area contributed by atoms with E-state index in [1.54, 1.807) is 0 Å². The van der Waals surface area contributed by atoms with Crippen molar-refractivity contribution < 1.29 is 27.8 Å². The van der Waals surface area contributed by atoms with Crippen molar-refractivity contribution in [2.45, 2.75) is 6.18 Å². The Kier molecular flexibility index (Phi) is 2.97. The molecule has 1 rings (SSSR count). The van der Waals surface area contributed by atoms with Crippen molar-refractivity contribution in [1.29, 1.82) is 0 Å². The van der Waals surface area contributed by atoms with Crippen LogP contribution in [0.1, 0.15) is 5.56 Å². The first-order chi connectivity index (χ1) is 6.91. The maximum absolute atomic E-state index is 12.3. The summed E-state index contributed by atoms with van der Waals surface area (Å²) in [7, 11) is 2.42. The Morgan fingerprint density at radius 3 is 2.13 bits per heavy atom. The molecule has 0 unspecified atom stereocenters. The molecule has 0 saturated heterocycles. The van der Waals surface area contributed by atoms with Crippen LogP contribution in [0, 0.1) is 0 Å². The average molecular weight is 222 g/mol. The van der Waals surface area contributed by atoms with Gasteiger partial charge in [0.05, 0.1) is 14.2 Å². The van der Waals surface area contributed by atoms with Crippen molar-refractivity contribution in [2.24, 2.45) is 0 Å². The summed E-state index contributed by atoms with van der Waals surface area (Å²) < 4.78 is 46.4. The zero-order valence-electron chi connectivity index (χ0n) is 8.05. The van der Waals surface area contributed by atoms with Gasteiger partial charge in [0.15, 0.2) is 11.5 Å². The van der Waals surface area contributed by atoms with Crippen LogP contribution in [0.3, 0.4) is 0 Å². The third kappa shape index (κ3) is 2.08. The molecule has 84 valence electrons. The molecule has 0 aliphatic carbocycles. The predicted molar refractivity (Wildman–Crippen MR) is 46.2 cm³/mol. The lowest BCUT2D eigenvalue weighted by molar-refractivity contribution is -0.138. The van der Waals surface area contributed by atoms with E-state index in [9.17, 15) is 18.3 Å². The molecule has 1 N–H and O–H groups in total. The van der Waals surface area contributed by atoms with Crippen molar-refractivity contribution in [3.05, 3.63) is 17.7 Å². The van der Waals surface area contributed by atoms with Crippen LogP contribution >= 0.6 is 0 Å². The maximum Gasteiger partial charge on any atom is 0.420 e. The second-order valence-electron chi connectivity index (χ2n) is 2.69. The lowest BCUT2D eigenvalue weighted by Gasteiger charge is -2.14. The van der Waals surface area contributed by atoms with Gasteiger partial charge in [0.25, 0.3) is 0 Å². The molecule has 0 heterocycles. The molecule has 0 spiro atoms. The number of aromatic hydroxyl groups is 1. The van der Waals surface area contributed by atoms with Gasteiger partial charge in [-0.1, -0.05) is 0 Å². The highest BCUT2D eigenvalue weighted by molar-refractivity contribution is 5.55. The number of phenols is 1. The highest BCUT2D eigenvalue weighted by Gasteiger charge is 2.36. The van der Waals surface area contributed by atoms with Crippen LogP contribution in [-0.2, 0) is 6.18 Å². The molecule has 1 aromatic rings. The third-order valence-corrected chi connectivity index (χ3v) is 1.82. The van der Waals surface area contributed by atoms with Crippen LogP contribution in [0.2, 0.25) is 0 Å². The lowest BCUT2D eigenvalue weighted by atomic mass is 10.1. The number of methoxy groups -OCH3 is 2. The van der Waals surface area contributed by atoms with Gasteiger partial charge in [-0.2, -0.15) is 13.2 Å². The van der Waals surface area contributed by atoms with Gasteiger partial charge in [-0.05, 0) is 12.1 Å². The van der Waals surface area contributed by atoms with E-state index in [0.717, 1.165) is 19.2 Å². The number of alkyl halides is 3. The summed E-state index contributed by atoms with van der Waals surface area (Å²) >= 11 is 0. The van der Waals surface area contributed by atoms with Gasteiger partial charge in [0.2, 0.25) is 5.75 Å². The number of hydrogen-bond acceptors (Lipinski definition) is 3. The van der Waals surface area contributed by atoms with Gasteiger partial charge in [-0.3, -0.25) is 0 Å². The maximum atomic E-state index is 12.3. The Bertz CT molecular complexity index is 360. The molecule has 0 atom stereocenters. The van der Waals surface area contributed by atoms with Crippen molar-refractivity contribution >= 4 is 0 Å². The van der Waals surface area contributed by atoms with Crippen LogP contribution in [0.5, 0.6) is 17.2 Å². The van der Waals surface area contributed by atoms with Gasteiger partial charge in [-0.15, -0.1) is 0 Å². The number of phenolic OH excluding ortho intramolecular Hbond substituents is 1. The van der Waals surface area contributed by atoms with E-state index in [2.05, 4.69) is 4.74 Å². The smallest absolute Gasteiger partial charge is 0.420 e. The van der Waals surface area contributed by atoms with E-state index in [1.807, 2.05) is 0 Å². The molecular weight excluding hydrogens is 213 g/mol. The molecule has 3 nitrogen and oxygen atoms in total. The molecule has 0 saturated carbocycles. The Morgan fingerprint density at radius 2 is 1.73 bits per heavy atom. The fourth-order valence-corrected chi connectivity index (χ4v) is 1.14. The number of ether oxygens (including phenoxy) is 2. The number of benzene rings is 1. The van der Waals surface area contributed by atoms with Gasteiger partial charge < -0.3 is 14.6 Å². The minimum Gasteiger partial charge on any atom is -0.504 e. The largest absolute Gasteiger partial charge is 0.504 e. The summed E-state index contributed by atoms with van der Waals surface area (Å²) in [6.45, 7) is 0. The van der Waals surface area contributed by atoms with Gasteiger partial charge >= 0.3 is 6.18 Å². The summed E-state index contributed by atoms with van der Waals surface area (Å²) in [5.41, 5.74) is -1.15. The molecule has 0 fully saturated rings. The van der Waals surface area contributed by atoms with Crippen LogP contribution in [0.15, 0.2) is 12.1 Å². The summed E-state index contributed by atoms with van der Waals surface area (Å²) in [5.74, 6) is -1.25. The minimum absolute atomic E-state index is 0.0444. The topological polar surface area (TPSA) is 38.7 Å². The Labute approximate surface area is 84.0 Å². The van der Waals surface area contributed by atoms with Crippen LogP contribution in [0.4, 0.5) is 13.2 Å². The number of rotatable bonds is 2. The summed E-state index contributed by atoms with van der Waals surface area (Å²) in [4.78, 5) is 0. The SMILES string of the molecule is COc1ccc(C(F)(F)F)c(O)c1OC. The zero-order chi connectivity index (χ0) is 11.6. The van der Waals surface area contributed by atoms with Gasteiger partial charge in [0, 0.05) is 0 Å². The summed E-state index contributed by atoms with van der Waals surface area (Å²) in [6, 6.07) is 1.82. The van der Waals surface area contributed by atoms with E-state index in [1.165, 1.54) is 7.11 Å². The van der Waals surface area contributed by atoms with Crippen LogP contribution < -0.4 is 9.47 Å². The average Bonchev–Trinajstić information content (AvgIpc) is 2.15. The molecule has 15 heavy (non-hydrogen) atoms. The second kappa shape index (κ2) is 3.88. The monoisotopic (exact) mass is 222 g/mol. The molecule has 0 amide bonds. The fourth-order valence-electron chi connectivity index (χ4n) is 1.14. The molecule has 0 radical (unpaired) electrons. The zero-order valence-corrected chi connectivity index (χ0v) is 8.05. The number of hydrogen-bond donors (Lipinski definition) is 1. The van der Waals surface area contributed by atoms with Crippen molar-refractivity contribution in [3.63, 3.8) is 0 Å². The first kappa shape index (κ1) is 11.5. The third-order valence-electron chi connectivity index (χ3n) is 1.82. The second-order valence-corrected chi connectivity index (χ2v) is 2.69. The predicted octanol–water partition coefficient (Wildman–Crippen LogP) is 2.43. The molecule has 6 heteroatoms. The Morgan fingerprint density at radius 1 is 1.13 bits per heavy atom. The van der Waals surface area contributed by atoms with Crippen molar-refractivity contribution in [1.82, 2.24) is 0 Å². The standard InChI is InChI=1S/C9H9F3O3/c1-14-6-4-3-5(9(10,11)12)7(13)8(6)15-2/h3-4,13H,1-2H3. The lowest BCUT2D eigenvalue weighted by Crippen LogP contribution is -2.06. The Balaban J connectivity index is 3.36. The van der Waals surface area contributed by atoms with E-state index in [0.29, 0.717) is 0 Å². The van der Waals surface area contributed by atoms with E-state index in [-0.39, 0.29) is 11.5 Å². The Hall–Kier alpha value is -1.59. The molecule has 0 aromatic heterocycles. The quantitative estimate of drug-likeness (QED) is 0.835. The first-order valence-electron chi connectivity index (χ1n) is 3.93. The van der Waals surface area contributed by atoms with Crippen LogP contribution in [0.25, 0.3) is 0 Å². The molecule has 0 aliphatic heterocycles. The molecule has 0 bridgehead atoms. The summed E-state index contributed by atoms with van der Waals surface area (Å²) in [5, 5.41) is 9.31. The molecule has 1 aromatic carbocycles. The highest BCUT2D eigenvalue weighted by Crippen LogP contribution is 2.45. The first-order valence-corrected chi connectivity index (χ1v) is 3.93. The van der Waals surface area contributed by atoms with Crippen LogP contribution in [-0.4, -0.2) is 19.3 Å². The summed E-state index contributed by atoms with van der Waals surface area (Å²) in [6.07, 6.45) is -4.62. The highest BCUT2D eigenvalue weighted by atomic mass is 19.4. The van der Waals surface area contributed by atoms with E-state index in [4.69, 9.17) is 4.74 Å². The minimum atomic E-state index is -4.62.